The number of rotatable bonds is 4. The van der Waals surface area contributed by atoms with Crippen molar-refractivity contribution >= 4 is 29.0 Å². The molecule has 2 aromatic heterocycles. The van der Waals surface area contributed by atoms with Crippen LogP contribution in [0.5, 0.6) is 0 Å². The van der Waals surface area contributed by atoms with E-state index in [1.54, 1.807) is 11.3 Å². The summed E-state index contributed by atoms with van der Waals surface area (Å²) >= 11 is 3.75. The second-order valence-corrected chi connectivity index (χ2v) is 8.37. The van der Waals surface area contributed by atoms with Gasteiger partial charge < -0.3 is 9.88 Å². The summed E-state index contributed by atoms with van der Waals surface area (Å²) in [4.78, 5) is 14.3. The largest absolute Gasteiger partial charge is 0.349 e. The minimum Gasteiger partial charge on any atom is -0.349 e. The molecular formula is C17H20N2OS2. The van der Waals surface area contributed by atoms with Crippen molar-refractivity contribution in [3.05, 3.63) is 40.5 Å². The molecule has 0 aromatic carbocycles. The second kappa shape index (κ2) is 5.78. The van der Waals surface area contributed by atoms with Gasteiger partial charge in [-0.3, -0.25) is 4.79 Å². The minimum atomic E-state index is 0.118. The highest BCUT2D eigenvalue weighted by atomic mass is 32.2. The van der Waals surface area contributed by atoms with E-state index in [0.717, 1.165) is 28.5 Å². The highest BCUT2D eigenvalue weighted by Gasteiger charge is 2.32. The summed E-state index contributed by atoms with van der Waals surface area (Å²) in [5, 5.41) is 4.33. The fourth-order valence-corrected chi connectivity index (χ4v) is 5.54. The van der Waals surface area contributed by atoms with E-state index in [0.29, 0.717) is 12.0 Å². The lowest BCUT2D eigenvalue weighted by Crippen LogP contribution is -2.35. The van der Waals surface area contributed by atoms with E-state index in [-0.39, 0.29) is 5.91 Å². The zero-order valence-electron chi connectivity index (χ0n) is 12.7. The van der Waals surface area contributed by atoms with Crippen LogP contribution < -0.4 is 5.32 Å². The van der Waals surface area contributed by atoms with Crippen LogP contribution in [-0.2, 0) is 12.2 Å². The summed E-state index contributed by atoms with van der Waals surface area (Å²) in [7, 11) is 0. The predicted molar refractivity (Wildman–Crippen MR) is 93.2 cm³/mol. The van der Waals surface area contributed by atoms with Gasteiger partial charge in [0.1, 0.15) is 5.00 Å². The standard InChI is InChI=1S/C17H20N2OS2/c1-11(12-4-5-12)18-16(20)15-13-6-9-21-10-14(13)22-17(15)19-7-2-3-8-19/h2-3,7-8,11-12H,4-6,9-10H2,1H3,(H,18,20). The van der Waals surface area contributed by atoms with Crippen molar-refractivity contribution in [3.8, 4) is 5.00 Å². The molecule has 1 fully saturated rings. The van der Waals surface area contributed by atoms with E-state index in [1.807, 2.05) is 36.3 Å². The molecule has 1 amide bonds. The third-order valence-corrected chi connectivity index (χ3v) is 6.97. The van der Waals surface area contributed by atoms with Crippen LogP contribution in [0.4, 0.5) is 0 Å². The average molecular weight is 332 g/mol. The third kappa shape index (κ3) is 2.61. The molecule has 2 aliphatic rings. The van der Waals surface area contributed by atoms with E-state index < -0.39 is 0 Å². The molecule has 1 saturated carbocycles. The zero-order valence-corrected chi connectivity index (χ0v) is 14.3. The molecule has 2 aromatic rings. The number of thioether (sulfide) groups is 1. The number of amides is 1. The van der Waals surface area contributed by atoms with Crippen LogP contribution in [0.25, 0.3) is 5.00 Å². The third-order valence-electron chi connectivity index (χ3n) is 4.56. The summed E-state index contributed by atoms with van der Waals surface area (Å²) in [6.07, 6.45) is 7.59. The first kappa shape index (κ1) is 14.4. The number of hydrogen-bond acceptors (Lipinski definition) is 3. The van der Waals surface area contributed by atoms with Crippen molar-refractivity contribution in [2.45, 2.75) is 38.0 Å². The Morgan fingerprint density at radius 2 is 2.14 bits per heavy atom. The number of thiophene rings is 1. The molecule has 4 rings (SSSR count). The topological polar surface area (TPSA) is 34.0 Å². The number of hydrogen-bond donors (Lipinski definition) is 1. The number of aromatic nitrogens is 1. The van der Waals surface area contributed by atoms with Gasteiger partial charge in [0.15, 0.2) is 0 Å². The molecule has 22 heavy (non-hydrogen) atoms. The van der Waals surface area contributed by atoms with Crippen LogP contribution in [0.3, 0.4) is 0 Å². The molecule has 1 aliphatic carbocycles. The number of carbonyl (C=O) groups excluding carboxylic acids is 1. The van der Waals surface area contributed by atoms with Crippen LogP contribution in [-0.4, -0.2) is 22.3 Å². The Morgan fingerprint density at radius 1 is 1.36 bits per heavy atom. The van der Waals surface area contributed by atoms with Crippen molar-refractivity contribution in [2.24, 2.45) is 5.92 Å². The van der Waals surface area contributed by atoms with E-state index in [1.165, 1.54) is 23.3 Å². The molecule has 1 N–H and O–H groups in total. The van der Waals surface area contributed by atoms with Gasteiger partial charge in [-0.1, -0.05) is 0 Å². The highest BCUT2D eigenvalue weighted by Crippen LogP contribution is 2.39. The van der Waals surface area contributed by atoms with Crippen molar-refractivity contribution in [1.29, 1.82) is 0 Å². The van der Waals surface area contributed by atoms with E-state index >= 15 is 0 Å². The fraction of sp³-hybridized carbons (Fsp3) is 0.471. The first-order chi connectivity index (χ1) is 10.7. The van der Waals surface area contributed by atoms with E-state index in [2.05, 4.69) is 16.8 Å². The molecule has 1 atom stereocenters. The number of nitrogens with one attached hydrogen (secondary N) is 1. The maximum Gasteiger partial charge on any atom is 0.254 e. The number of fused-ring (bicyclic) bond motifs is 1. The minimum absolute atomic E-state index is 0.118. The first-order valence-corrected chi connectivity index (χ1v) is 9.87. The second-order valence-electron chi connectivity index (χ2n) is 6.18. The maximum absolute atomic E-state index is 12.9. The monoisotopic (exact) mass is 332 g/mol. The van der Waals surface area contributed by atoms with Gasteiger partial charge in [-0.05, 0) is 55.6 Å². The van der Waals surface area contributed by atoms with Crippen LogP contribution in [0, 0.1) is 5.92 Å². The van der Waals surface area contributed by atoms with Crippen molar-refractivity contribution in [1.82, 2.24) is 9.88 Å². The Morgan fingerprint density at radius 3 is 2.86 bits per heavy atom. The Labute approximate surface area is 139 Å². The summed E-state index contributed by atoms with van der Waals surface area (Å²) in [5.41, 5.74) is 2.21. The zero-order chi connectivity index (χ0) is 15.1. The molecule has 116 valence electrons. The number of nitrogens with zero attached hydrogens (tertiary/aromatic N) is 1. The Hall–Kier alpha value is -1.20. The summed E-state index contributed by atoms with van der Waals surface area (Å²) in [6, 6.07) is 4.32. The van der Waals surface area contributed by atoms with Crippen LogP contribution in [0.2, 0.25) is 0 Å². The molecular weight excluding hydrogens is 312 g/mol. The Balaban J connectivity index is 1.72. The van der Waals surface area contributed by atoms with E-state index in [9.17, 15) is 4.79 Å². The van der Waals surface area contributed by atoms with Gasteiger partial charge in [0, 0.05) is 29.1 Å². The van der Waals surface area contributed by atoms with Crippen LogP contribution >= 0.6 is 23.1 Å². The molecule has 0 bridgehead atoms. The van der Waals surface area contributed by atoms with Gasteiger partial charge in [-0.2, -0.15) is 11.8 Å². The summed E-state index contributed by atoms with van der Waals surface area (Å²) in [6.45, 7) is 2.14. The summed E-state index contributed by atoms with van der Waals surface area (Å²) in [5.74, 6) is 2.96. The Bertz CT molecular complexity index is 686. The lowest BCUT2D eigenvalue weighted by Gasteiger charge is -2.16. The smallest absolute Gasteiger partial charge is 0.254 e. The predicted octanol–water partition coefficient (Wildman–Crippen LogP) is 3.86. The van der Waals surface area contributed by atoms with Gasteiger partial charge in [-0.15, -0.1) is 11.3 Å². The fourth-order valence-electron chi connectivity index (χ4n) is 3.10. The van der Waals surface area contributed by atoms with Crippen LogP contribution in [0.15, 0.2) is 24.5 Å². The van der Waals surface area contributed by atoms with Gasteiger partial charge >= 0.3 is 0 Å². The SMILES string of the molecule is CC(NC(=O)c1c(-n2cccc2)sc2c1CCSC2)C1CC1. The lowest BCUT2D eigenvalue weighted by atomic mass is 10.1. The average Bonchev–Trinajstić information content (AvgIpc) is 3.10. The molecule has 1 unspecified atom stereocenters. The molecule has 0 radical (unpaired) electrons. The van der Waals surface area contributed by atoms with E-state index in [4.69, 9.17) is 0 Å². The van der Waals surface area contributed by atoms with Crippen molar-refractivity contribution < 1.29 is 4.79 Å². The highest BCUT2D eigenvalue weighted by molar-refractivity contribution is 7.98. The maximum atomic E-state index is 12.9. The molecule has 0 saturated heterocycles. The molecule has 1 aliphatic heterocycles. The molecule has 0 spiro atoms. The van der Waals surface area contributed by atoms with Crippen molar-refractivity contribution in [2.75, 3.05) is 5.75 Å². The van der Waals surface area contributed by atoms with Gasteiger partial charge in [-0.25, -0.2) is 0 Å². The van der Waals surface area contributed by atoms with Gasteiger partial charge in [0.25, 0.3) is 5.91 Å². The normalized spacial score (nSPS) is 18.8. The number of carbonyl (C=O) groups is 1. The van der Waals surface area contributed by atoms with Gasteiger partial charge in [0.2, 0.25) is 0 Å². The van der Waals surface area contributed by atoms with Crippen molar-refractivity contribution in [3.63, 3.8) is 0 Å². The molecule has 5 heteroatoms. The first-order valence-electron chi connectivity index (χ1n) is 7.90. The van der Waals surface area contributed by atoms with Gasteiger partial charge in [0.05, 0.1) is 5.56 Å². The Kier molecular flexibility index (Phi) is 3.78. The molecule has 3 nitrogen and oxygen atoms in total. The van der Waals surface area contributed by atoms with Crippen LogP contribution in [0.1, 0.15) is 40.6 Å². The summed E-state index contributed by atoms with van der Waals surface area (Å²) < 4.78 is 2.09. The lowest BCUT2D eigenvalue weighted by molar-refractivity contribution is 0.0935. The quantitative estimate of drug-likeness (QED) is 0.922. The molecule has 3 heterocycles.